The molecular formula is C47H49FGeIrN2O-2. The van der Waals surface area contributed by atoms with E-state index in [4.69, 9.17) is 9.40 Å². The zero-order valence-electron chi connectivity index (χ0n) is 32.3. The fourth-order valence-electron chi connectivity index (χ4n) is 6.84. The van der Waals surface area contributed by atoms with Gasteiger partial charge in [-0.2, -0.15) is 0 Å². The molecule has 0 aliphatic carbocycles. The Hall–Kier alpha value is -3.90. The molecule has 275 valence electrons. The molecule has 0 aliphatic rings. The molecule has 3 nitrogen and oxygen atoms in total. The van der Waals surface area contributed by atoms with Crippen LogP contribution in [0, 0.1) is 36.2 Å². The van der Waals surface area contributed by atoms with E-state index in [2.05, 4.69) is 119 Å². The third kappa shape index (κ3) is 10.0. The Morgan fingerprint density at radius 2 is 1.49 bits per heavy atom. The molecule has 0 fully saturated rings. The molecular weight excluding hydrogens is 892 g/mol. The number of fused-ring (bicyclic) bond motifs is 3. The number of pyridine rings is 2. The summed E-state index contributed by atoms with van der Waals surface area (Å²) >= 11 is -1.81. The van der Waals surface area contributed by atoms with Crippen LogP contribution in [-0.4, -0.2) is 23.2 Å². The van der Waals surface area contributed by atoms with Gasteiger partial charge in [0, 0.05) is 31.7 Å². The Kier molecular flexibility index (Phi) is 12.6. The van der Waals surface area contributed by atoms with Crippen LogP contribution in [0.25, 0.3) is 55.6 Å². The number of halogens is 1. The number of aromatic nitrogens is 2. The molecule has 0 aliphatic heterocycles. The first-order valence-corrected chi connectivity index (χ1v) is 25.6. The summed E-state index contributed by atoms with van der Waals surface area (Å²) in [5.74, 6) is 7.68. The van der Waals surface area contributed by atoms with Crippen LogP contribution in [0.5, 0.6) is 0 Å². The molecule has 0 saturated carbocycles. The molecule has 1 radical (unpaired) electrons. The fourth-order valence-corrected chi connectivity index (χ4v) is 10.4. The molecule has 7 rings (SSSR count). The van der Waals surface area contributed by atoms with E-state index in [-0.39, 0.29) is 31.3 Å². The number of rotatable bonds is 7. The van der Waals surface area contributed by atoms with Crippen LogP contribution < -0.4 is 4.40 Å². The topological polar surface area (TPSA) is 38.9 Å². The van der Waals surface area contributed by atoms with Gasteiger partial charge in [-0.05, 0) is 52.9 Å². The van der Waals surface area contributed by atoms with Crippen molar-refractivity contribution in [2.45, 2.75) is 71.7 Å². The number of nitrogens with zero attached hydrogens (tertiary/aromatic N) is 2. The predicted octanol–water partition coefficient (Wildman–Crippen LogP) is 12.4. The van der Waals surface area contributed by atoms with E-state index in [9.17, 15) is 4.39 Å². The Labute approximate surface area is 331 Å². The molecule has 0 atom stereocenters. The molecule has 3 aromatic heterocycles. The molecule has 0 spiro atoms. The maximum absolute atomic E-state index is 13.3. The fraction of sp³-hybridized carbons (Fsp3) is 0.277. The zero-order chi connectivity index (χ0) is 37.2. The number of aryl methyl sites for hydroxylation is 1. The molecule has 0 unspecified atom stereocenters. The van der Waals surface area contributed by atoms with Crippen molar-refractivity contribution >= 4 is 39.6 Å². The van der Waals surface area contributed by atoms with Gasteiger partial charge in [0.05, 0.1) is 5.58 Å². The summed E-state index contributed by atoms with van der Waals surface area (Å²) in [4.78, 5) is 9.32. The van der Waals surface area contributed by atoms with Gasteiger partial charge in [0.1, 0.15) is 11.4 Å². The minimum atomic E-state index is -1.81. The zero-order valence-corrected chi connectivity index (χ0v) is 36.8. The van der Waals surface area contributed by atoms with Crippen LogP contribution in [0.1, 0.15) is 51.3 Å². The smallest absolute Gasteiger partial charge is 0 e. The summed E-state index contributed by atoms with van der Waals surface area (Å²) in [6, 6.07) is 36.1. The van der Waals surface area contributed by atoms with Crippen molar-refractivity contribution in [1.29, 1.82) is 0 Å². The number of furan rings is 1. The van der Waals surface area contributed by atoms with E-state index in [1.807, 2.05) is 36.5 Å². The van der Waals surface area contributed by atoms with Gasteiger partial charge in [-0.15, -0.1) is 18.2 Å². The van der Waals surface area contributed by atoms with Gasteiger partial charge in [0.25, 0.3) is 0 Å². The van der Waals surface area contributed by atoms with Crippen LogP contribution in [0.3, 0.4) is 0 Å². The van der Waals surface area contributed by atoms with Gasteiger partial charge >= 0.3 is 132 Å². The van der Waals surface area contributed by atoms with Crippen molar-refractivity contribution in [3.63, 3.8) is 0 Å². The van der Waals surface area contributed by atoms with E-state index >= 15 is 0 Å². The predicted molar refractivity (Wildman–Crippen MR) is 219 cm³/mol. The van der Waals surface area contributed by atoms with Crippen molar-refractivity contribution in [2.75, 3.05) is 0 Å². The Morgan fingerprint density at radius 1 is 0.774 bits per heavy atom. The first-order valence-electron chi connectivity index (χ1n) is 18.2. The van der Waals surface area contributed by atoms with Crippen molar-refractivity contribution in [1.82, 2.24) is 9.97 Å². The number of benzene rings is 4. The Bertz CT molecular complexity index is 2330. The van der Waals surface area contributed by atoms with E-state index in [1.54, 1.807) is 12.1 Å². The minimum absolute atomic E-state index is 0. The largest absolute Gasteiger partial charge is 0 e. The molecule has 0 N–H and O–H groups in total. The number of hydrogen-bond acceptors (Lipinski definition) is 3. The van der Waals surface area contributed by atoms with Crippen molar-refractivity contribution in [3.8, 4) is 33.6 Å². The molecule has 3 heterocycles. The van der Waals surface area contributed by atoms with Gasteiger partial charge < -0.3 is 9.40 Å². The summed E-state index contributed by atoms with van der Waals surface area (Å²) in [6.45, 7) is 13.4. The minimum Gasteiger partial charge on any atom is 0 e. The van der Waals surface area contributed by atoms with Crippen molar-refractivity contribution < 1.29 is 28.9 Å². The van der Waals surface area contributed by atoms with Gasteiger partial charge in [0.2, 0.25) is 0 Å². The van der Waals surface area contributed by atoms with E-state index in [0.717, 1.165) is 68.4 Å². The first-order chi connectivity index (χ1) is 24.6. The normalized spacial score (nSPS) is 11.8. The van der Waals surface area contributed by atoms with Gasteiger partial charge in [0.15, 0.2) is 0 Å². The second-order valence-corrected chi connectivity index (χ2v) is 27.1. The van der Waals surface area contributed by atoms with Crippen LogP contribution in [0.4, 0.5) is 4.39 Å². The van der Waals surface area contributed by atoms with Gasteiger partial charge in [-0.25, -0.2) is 4.39 Å². The van der Waals surface area contributed by atoms with Crippen molar-refractivity contribution in [3.05, 3.63) is 138 Å². The Balaban J connectivity index is 0.000000216. The van der Waals surface area contributed by atoms with Crippen LogP contribution in [-0.2, 0) is 32.9 Å². The summed E-state index contributed by atoms with van der Waals surface area (Å²) < 4.78 is 21.1. The SMILES string of the molecule is CC(C)(C)Cc1ccnc(-c2[c-]ccc3c2oc2cc(-c4ccc(F)cc4)ccc23)c1.Cc1cc(-c2[c-]ccc(CC(C)C)c2)nc[c]1[Ge]([CH3])([CH3])[CH3].[Ir]. The summed E-state index contributed by atoms with van der Waals surface area (Å²) in [5.41, 5.74) is 11.6. The third-order valence-electron chi connectivity index (χ3n) is 9.13. The maximum atomic E-state index is 13.3. The van der Waals surface area contributed by atoms with Crippen LogP contribution >= 0.6 is 0 Å². The summed E-state index contributed by atoms with van der Waals surface area (Å²) in [5, 5.41) is 2.08. The van der Waals surface area contributed by atoms with E-state index in [1.165, 1.54) is 33.2 Å². The monoisotopic (exact) mass is 943 g/mol. The molecule has 7 aromatic rings. The third-order valence-corrected chi connectivity index (χ3v) is 13.6. The maximum Gasteiger partial charge on any atom is 0 e. The van der Waals surface area contributed by atoms with E-state index in [0.29, 0.717) is 5.92 Å². The average Bonchev–Trinajstić information content (AvgIpc) is 3.46. The molecule has 0 amide bonds. The van der Waals surface area contributed by atoms with Gasteiger partial charge in [-0.1, -0.05) is 67.6 Å². The van der Waals surface area contributed by atoms with Crippen molar-refractivity contribution in [2.24, 2.45) is 11.3 Å². The molecule has 6 heteroatoms. The molecule has 0 saturated heterocycles. The van der Waals surface area contributed by atoms with E-state index < -0.39 is 13.3 Å². The number of hydrogen-bond donors (Lipinski definition) is 0. The quantitative estimate of drug-likeness (QED) is 0.118. The summed E-state index contributed by atoms with van der Waals surface area (Å²) in [6.07, 6.45) is 6.04. The Morgan fingerprint density at radius 3 is 2.17 bits per heavy atom. The first kappa shape index (κ1) is 40.3. The summed E-state index contributed by atoms with van der Waals surface area (Å²) in [7, 11) is 0. The molecule has 4 aromatic carbocycles. The van der Waals surface area contributed by atoms with Crippen LogP contribution in [0.15, 0.2) is 108 Å². The van der Waals surface area contributed by atoms with Gasteiger partial charge in [-0.3, -0.25) is 0 Å². The standard InChI is InChI=1S/C28H23FNO.C19H26GeN.Ir/c1-28(2,3)17-18-13-14-30-25(15-18)24-6-4-5-23-22-12-9-20(16-26(22)31-27(23)24)19-7-10-21(29)11-8-19;1-14(2)10-16-8-7-9-17(12-16)19-11-15(3)18(13-21-19)20(4,5)6;/h4-5,7-16H,17H2,1-3H3;7-8,11-14H,10H2,1-6H3;/q2*-1;. The second-order valence-electron chi connectivity index (χ2n) is 16.5. The molecule has 0 bridgehead atoms. The average molecular weight is 942 g/mol. The van der Waals surface area contributed by atoms with Crippen LogP contribution in [0.2, 0.25) is 17.3 Å². The second kappa shape index (κ2) is 16.6. The molecule has 53 heavy (non-hydrogen) atoms.